The largest absolute Gasteiger partial charge is 0.339 e. The number of amides is 1. The molecular formula is C15H24ClN3O. The molecule has 0 aromatic carbocycles. The van der Waals surface area contributed by atoms with Gasteiger partial charge in [0.25, 0.3) is 5.91 Å². The number of rotatable bonds is 8. The lowest BCUT2D eigenvalue weighted by atomic mass is 10.2. The molecule has 0 atom stereocenters. The molecule has 20 heavy (non-hydrogen) atoms. The molecule has 5 heteroatoms. The van der Waals surface area contributed by atoms with Gasteiger partial charge in [0, 0.05) is 25.5 Å². The smallest absolute Gasteiger partial charge is 0.255 e. The van der Waals surface area contributed by atoms with E-state index in [4.69, 9.17) is 11.6 Å². The Morgan fingerprint density at radius 3 is 2.45 bits per heavy atom. The van der Waals surface area contributed by atoms with Crippen molar-refractivity contribution in [2.45, 2.75) is 27.2 Å². The highest BCUT2D eigenvalue weighted by Gasteiger charge is 2.16. The first-order valence-corrected chi connectivity index (χ1v) is 7.62. The van der Waals surface area contributed by atoms with Gasteiger partial charge in [-0.2, -0.15) is 0 Å². The van der Waals surface area contributed by atoms with Crippen LogP contribution in [0.1, 0.15) is 37.6 Å². The van der Waals surface area contributed by atoms with Gasteiger partial charge in [0.2, 0.25) is 0 Å². The number of carbonyl (C=O) groups is 1. The van der Waals surface area contributed by atoms with Gasteiger partial charge in [-0.25, -0.2) is 0 Å². The number of hydrogen-bond donors (Lipinski definition) is 0. The molecule has 1 amide bonds. The third-order valence-electron chi connectivity index (χ3n) is 3.47. The molecule has 0 N–H and O–H groups in total. The summed E-state index contributed by atoms with van der Waals surface area (Å²) in [5.74, 6) is -0.0144. The maximum absolute atomic E-state index is 12.4. The minimum Gasteiger partial charge on any atom is -0.339 e. The van der Waals surface area contributed by atoms with Crippen molar-refractivity contribution in [2.24, 2.45) is 0 Å². The second-order valence-corrected chi connectivity index (χ2v) is 5.03. The van der Waals surface area contributed by atoms with Crippen LogP contribution in [-0.2, 0) is 0 Å². The van der Waals surface area contributed by atoms with E-state index in [2.05, 4.69) is 23.7 Å². The van der Waals surface area contributed by atoms with Crippen molar-refractivity contribution in [3.63, 3.8) is 0 Å². The van der Waals surface area contributed by atoms with Gasteiger partial charge >= 0.3 is 0 Å². The van der Waals surface area contributed by atoms with Crippen molar-refractivity contribution >= 4 is 17.5 Å². The first-order chi connectivity index (χ1) is 9.63. The highest BCUT2D eigenvalue weighted by atomic mass is 35.5. The van der Waals surface area contributed by atoms with Gasteiger partial charge in [0.05, 0.1) is 10.6 Å². The van der Waals surface area contributed by atoms with Crippen LogP contribution in [0.5, 0.6) is 0 Å². The van der Waals surface area contributed by atoms with Crippen molar-refractivity contribution in [3.05, 3.63) is 29.0 Å². The maximum Gasteiger partial charge on any atom is 0.255 e. The fraction of sp³-hybridized carbons (Fsp3) is 0.600. The topological polar surface area (TPSA) is 36.4 Å². The number of hydrogen-bond acceptors (Lipinski definition) is 3. The summed E-state index contributed by atoms with van der Waals surface area (Å²) in [5.41, 5.74) is 0.534. The van der Waals surface area contributed by atoms with Crippen molar-refractivity contribution in [3.8, 4) is 0 Å². The van der Waals surface area contributed by atoms with Gasteiger partial charge in [-0.1, -0.05) is 25.4 Å². The van der Waals surface area contributed by atoms with Gasteiger partial charge in [0.1, 0.15) is 0 Å². The lowest BCUT2D eigenvalue weighted by molar-refractivity contribution is 0.0757. The van der Waals surface area contributed by atoms with Crippen LogP contribution in [0.4, 0.5) is 0 Å². The van der Waals surface area contributed by atoms with Gasteiger partial charge in [-0.05, 0) is 39.0 Å². The van der Waals surface area contributed by atoms with Crippen LogP contribution < -0.4 is 0 Å². The predicted molar refractivity (Wildman–Crippen MR) is 83.2 cm³/mol. The van der Waals surface area contributed by atoms with Crippen molar-refractivity contribution < 1.29 is 4.79 Å². The summed E-state index contributed by atoms with van der Waals surface area (Å²) >= 11 is 6.03. The zero-order valence-electron chi connectivity index (χ0n) is 12.6. The fourth-order valence-corrected chi connectivity index (χ4v) is 2.35. The molecule has 0 unspecified atom stereocenters. The fourth-order valence-electron chi connectivity index (χ4n) is 2.15. The third-order valence-corrected chi connectivity index (χ3v) is 3.77. The molecule has 112 valence electrons. The average molecular weight is 298 g/mol. The van der Waals surface area contributed by atoms with E-state index in [1.807, 2.05) is 11.8 Å². The van der Waals surface area contributed by atoms with Gasteiger partial charge < -0.3 is 9.80 Å². The molecule has 0 aliphatic rings. The SMILES string of the molecule is CCN(CC)CCCN(CC)C(=O)c1ccncc1Cl. The van der Waals surface area contributed by atoms with E-state index < -0.39 is 0 Å². The molecule has 0 saturated heterocycles. The summed E-state index contributed by atoms with van der Waals surface area (Å²) in [6.07, 6.45) is 4.09. The minimum absolute atomic E-state index is 0.0144. The summed E-state index contributed by atoms with van der Waals surface area (Å²) in [4.78, 5) is 20.5. The van der Waals surface area contributed by atoms with Crippen LogP contribution in [0.15, 0.2) is 18.5 Å². The molecule has 0 spiro atoms. The number of aromatic nitrogens is 1. The zero-order chi connectivity index (χ0) is 15.0. The van der Waals surface area contributed by atoms with Gasteiger partial charge in [-0.15, -0.1) is 0 Å². The Hall–Kier alpha value is -1.13. The van der Waals surface area contributed by atoms with Gasteiger partial charge in [0.15, 0.2) is 0 Å². The van der Waals surface area contributed by atoms with E-state index in [9.17, 15) is 4.79 Å². The molecular weight excluding hydrogens is 274 g/mol. The Bertz CT molecular complexity index is 421. The summed E-state index contributed by atoms with van der Waals surface area (Å²) in [7, 11) is 0. The molecule has 0 fully saturated rings. The Morgan fingerprint density at radius 1 is 1.20 bits per heavy atom. The van der Waals surface area contributed by atoms with Crippen molar-refractivity contribution in [1.82, 2.24) is 14.8 Å². The molecule has 1 rings (SSSR count). The predicted octanol–water partition coefficient (Wildman–Crippen LogP) is 2.93. The molecule has 1 heterocycles. The molecule has 0 radical (unpaired) electrons. The van der Waals surface area contributed by atoms with E-state index in [1.54, 1.807) is 12.3 Å². The molecule has 4 nitrogen and oxygen atoms in total. The van der Waals surface area contributed by atoms with Crippen LogP contribution in [0.3, 0.4) is 0 Å². The van der Waals surface area contributed by atoms with E-state index in [0.29, 0.717) is 17.1 Å². The van der Waals surface area contributed by atoms with Crippen LogP contribution in [0, 0.1) is 0 Å². The number of nitrogens with zero attached hydrogens (tertiary/aromatic N) is 3. The maximum atomic E-state index is 12.4. The lowest BCUT2D eigenvalue weighted by Crippen LogP contribution is -2.34. The zero-order valence-corrected chi connectivity index (χ0v) is 13.4. The third kappa shape index (κ3) is 4.76. The van der Waals surface area contributed by atoms with Crippen LogP contribution in [-0.4, -0.2) is 53.4 Å². The van der Waals surface area contributed by atoms with Crippen molar-refractivity contribution in [2.75, 3.05) is 32.7 Å². The molecule has 0 saturated carbocycles. The van der Waals surface area contributed by atoms with E-state index in [-0.39, 0.29) is 5.91 Å². The van der Waals surface area contributed by atoms with Crippen LogP contribution in [0.2, 0.25) is 5.02 Å². The highest BCUT2D eigenvalue weighted by Crippen LogP contribution is 2.16. The normalized spacial score (nSPS) is 10.8. The van der Waals surface area contributed by atoms with E-state index in [0.717, 1.165) is 32.6 Å². The summed E-state index contributed by atoms with van der Waals surface area (Å²) in [5, 5.41) is 0.416. The lowest BCUT2D eigenvalue weighted by Gasteiger charge is -2.24. The summed E-state index contributed by atoms with van der Waals surface area (Å²) < 4.78 is 0. The van der Waals surface area contributed by atoms with Crippen LogP contribution >= 0.6 is 11.6 Å². The van der Waals surface area contributed by atoms with Gasteiger partial charge in [-0.3, -0.25) is 9.78 Å². The highest BCUT2D eigenvalue weighted by molar-refractivity contribution is 6.33. The molecule has 0 aliphatic carbocycles. The summed E-state index contributed by atoms with van der Waals surface area (Å²) in [6, 6.07) is 1.68. The molecule has 1 aromatic heterocycles. The van der Waals surface area contributed by atoms with E-state index in [1.165, 1.54) is 6.20 Å². The second kappa shape index (κ2) is 8.93. The molecule has 0 bridgehead atoms. The second-order valence-electron chi connectivity index (χ2n) is 4.62. The van der Waals surface area contributed by atoms with Crippen molar-refractivity contribution in [1.29, 1.82) is 0 Å². The summed E-state index contributed by atoms with van der Waals surface area (Å²) in [6.45, 7) is 10.9. The first kappa shape index (κ1) is 16.9. The minimum atomic E-state index is -0.0144. The monoisotopic (exact) mass is 297 g/mol. The van der Waals surface area contributed by atoms with Crippen LogP contribution in [0.25, 0.3) is 0 Å². The Balaban J connectivity index is 2.58. The Labute approximate surface area is 126 Å². The quantitative estimate of drug-likeness (QED) is 0.740. The first-order valence-electron chi connectivity index (χ1n) is 7.25. The number of pyridine rings is 1. The Kier molecular flexibility index (Phi) is 7.55. The number of halogens is 1. The molecule has 0 aliphatic heterocycles. The average Bonchev–Trinajstić information content (AvgIpc) is 2.47. The van der Waals surface area contributed by atoms with E-state index >= 15 is 0 Å². The molecule has 1 aromatic rings. The number of carbonyl (C=O) groups excluding carboxylic acids is 1. The standard InChI is InChI=1S/C15H24ClN3O/c1-4-18(5-2)10-7-11-19(6-3)15(20)13-8-9-17-12-14(13)16/h8-9,12H,4-7,10-11H2,1-3H3. The Morgan fingerprint density at radius 2 is 1.90 bits per heavy atom.